The van der Waals surface area contributed by atoms with Crippen LogP contribution in [0.4, 0.5) is 4.79 Å². The van der Waals surface area contributed by atoms with Gasteiger partial charge in [0.25, 0.3) is 0 Å². The van der Waals surface area contributed by atoms with Gasteiger partial charge in [0.2, 0.25) is 0 Å². The maximum Gasteiger partial charge on any atom is 0.507 e. The quantitative estimate of drug-likeness (QED) is 0.366. The summed E-state index contributed by atoms with van der Waals surface area (Å²) >= 11 is 4.19. The van der Waals surface area contributed by atoms with Gasteiger partial charge in [0.1, 0.15) is 0 Å². The van der Waals surface area contributed by atoms with Crippen LogP contribution >= 0.6 is 12.6 Å². The second-order valence-corrected chi connectivity index (χ2v) is 3.69. The molecule has 0 amide bonds. The summed E-state index contributed by atoms with van der Waals surface area (Å²) in [5.74, 6) is 0. The molecule has 64 valence electrons. The molecule has 0 aromatic heterocycles. The molecule has 0 spiro atoms. The topological polar surface area (TPSA) is 46.5 Å². The van der Waals surface area contributed by atoms with Gasteiger partial charge >= 0.3 is 6.16 Å². The molecule has 0 unspecified atom stereocenters. The predicted molar refractivity (Wildman–Crippen MR) is 43.9 cm³/mol. The molecule has 0 aromatic rings. The van der Waals surface area contributed by atoms with Crippen molar-refractivity contribution >= 4 is 18.8 Å². The van der Waals surface area contributed by atoms with Crippen LogP contribution in [0.3, 0.4) is 0 Å². The zero-order valence-electron chi connectivity index (χ0n) is 6.25. The molecule has 4 heteroatoms. The number of carbonyl (C=O) groups is 1. The minimum Gasteiger partial charge on any atom is -0.450 e. The zero-order valence-corrected chi connectivity index (χ0v) is 7.14. The van der Waals surface area contributed by atoms with Gasteiger partial charge < -0.3 is 9.84 Å². The van der Waals surface area contributed by atoms with Crippen molar-refractivity contribution in [3.05, 3.63) is 0 Å². The Kier molecular flexibility index (Phi) is 2.65. The largest absolute Gasteiger partial charge is 0.507 e. The van der Waals surface area contributed by atoms with E-state index in [1.54, 1.807) is 0 Å². The summed E-state index contributed by atoms with van der Waals surface area (Å²) in [5.41, 5.74) is 0. The van der Waals surface area contributed by atoms with Crippen LogP contribution in [-0.2, 0) is 4.74 Å². The lowest BCUT2D eigenvalue weighted by molar-refractivity contribution is 0.0175. The van der Waals surface area contributed by atoms with E-state index in [9.17, 15) is 4.79 Å². The fourth-order valence-corrected chi connectivity index (χ4v) is 1.76. The van der Waals surface area contributed by atoms with Crippen molar-refractivity contribution in [2.45, 2.75) is 37.0 Å². The molecular formula is C7H12O3S. The van der Waals surface area contributed by atoms with Gasteiger partial charge in [-0.05, 0) is 25.7 Å². The van der Waals surface area contributed by atoms with Gasteiger partial charge in [-0.25, -0.2) is 4.79 Å². The molecule has 0 radical (unpaired) electrons. The molecule has 1 N–H and O–H groups in total. The highest BCUT2D eigenvalue weighted by Gasteiger charge is 2.31. The molecule has 0 heterocycles. The monoisotopic (exact) mass is 176 g/mol. The fraction of sp³-hybridized carbons (Fsp3) is 0.857. The van der Waals surface area contributed by atoms with Gasteiger partial charge in [-0.3, -0.25) is 0 Å². The number of carboxylic acid groups (broad SMARTS) is 1. The van der Waals surface area contributed by atoms with E-state index in [1.807, 2.05) is 0 Å². The van der Waals surface area contributed by atoms with E-state index in [4.69, 9.17) is 5.11 Å². The highest BCUT2D eigenvalue weighted by Crippen LogP contribution is 2.34. The van der Waals surface area contributed by atoms with Crippen molar-refractivity contribution in [2.24, 2.45) is 0 Å². The number of hydrogen-bond donors (Lipinski definition) is 2. The molecule has 0 aromatic carbocycles. The van der Waals surface area contributed by atoms with Gasteiger partial charge in [-0.1, -0.05) is 6.42 Å². The van der Waals surface area contributed by atoms with Crippen molar-refractivity contribution in [2.75, 3.05) is 0 Å². The fourth-order valence-electron chi connectivity index (χ4n) is 1.37. The van der Waals surface area contributed by atoms with Crippen LogP contribution in [0.2, 0.25) is 0 Å². The van der Waals surface area contributed by atoms with Gasteiger partial charge in [0.15, 0.2) is 4.93 Å². The third-order valence-corrected chi connectivity index (χ3v) is 2.45. The minimum atomic E-state index is -1.22. The predicted octanol–water partition coefficient (Wildman–Crippen LogP) is 2.27. The van der Waals surface area contributed by atoms with Gasteiger partial charge in [-0.15, -0.1) is 12.6 Å². The van der Waals surface area contributed by atoms with Crippen molar-refractivity contribution in [1.82, 2.24) is 0 Å². The van der Waals surface area contributed by atoms with Crippen molar-refractivity contribution in [3.63, 3.8) is 0 Å². The molecule has 1 rings (SSSR count). The second-order valence-electron chi connectivity index (χ2n) is 2.87. The van der Waals surface area contributed by atoms with E-state index in [1.165, 1.54) is 0 Å². The lowest BCUT2D eigenvalue weighted by atomic mass is 9.97. The first kappa shape index (κ1) is 8.71. The Morgan fingerprint density at radius 2 is 1.91 bits per heavy atom. The first-order chi connectivity index (χ1) is 5.12. The van der Waals surface area contributed by atoms with Crippen LogP contribution in [-0.4, -0.2) is 16.2 Å². The summed E-state index contributed by atoms with van der Waals surface area (Å²) in [6.45, 7) is 0. The maximum absolute atomic E-state index is 10.2. The van der Waals surface area contributed by atoms with E-state index in [0.717, 1.165) is 32.1 Å². The molecule has 1 aliphatic carbocycles. The Bertz CT molecular complexity index is 152. The average molecular weight is 176 g/mol. The summed E-state index contributed by atoms with van der Waals surface area (Å²) in [6.07, 6.45) is 3.44. The van der Waals surface area contributed by atoms with E-state index in [0.29, 0.717) is 0 Å². The smallest absolute Gasteiger partial charge is 0.450 e. The SMILES string of the molecule is O=C(O)OC1(S)CCCCC1. The van der Waals surface area contributed by atoms with E-state index >= 15 is 0 Å². The van der Waals surface area contributed by atoms with Crippen LogP contribution in [0, 0.1) is 0 Å². The summed E-state index contributed by atoms with van der Waals surface area (Å²) in [4.78, 5) is 9.50. The van der Waals surface area contributed by atoms with Crippen LogP contribution in [0.25, 0.3) is 0 Å². The van der Waals surface area contributed by atoms with Crippen LogP contribution in [0.5, 0.6) is 0 Å². The van der Waals surface area contributed by atoms with E-state index in [2.05, 4.69) is 17.4 Å². The van der Waals surface area contributed by atoms with Gasteiger partial charge in [0.05, 0.1) is 0 Å². The number of hydrogen-bond acceptors (Lipinski definition) is 3. The molecule has 3 nitrogen and oxygen atoms in total. The molecule has 11 heavy (non-hydrogen) atoms. The molecule has 0 atom stereocenters. The summed E-state index contributed by atoms with van der Waals surface area (Å²) < 4.78 is 4.66. The molecule has 0 saturated heterocycles. The Morgan fingerprint density at radius 3 is 2.36 bits per heavy atom. The third-order valence-electron chi connectivity index (χ3n) is 1.91. The molecule has 0 bridgehead atoms. The number of rotatable bonds is 1. The van der Waals surface area contributed by atoms with Crippen LogP contribution in [0.15, 0.2) is 0 Å². The molecule has 1 fully saturated rings. The minimum absolute atomic E-state index is 0.704. The normalized spacial score (nSPS) is 22.6. The molecule has 1 saturated carbocycles. The summed E-state index contributed by atoms with van der Waals surface area (Å²) in [5, 5.41) is 8.36. The highest BCUT2D eigenvalue weighted by atomic mass is 32.1. The van der Waals surface area contributed by atoms with Gasteiger partial charge in [-0.2, -0.15) is 0 Å². The maximum atomic E-state index is 10.2. The molecule has 0 aliphatic heterocycles. The van der Waals surface area contributed by atoms with Crippen molar-refractivity contribution in [3.8, 4) is 0 Å². The number of thiol groups is 1. The van der Waals surface area contributed by atoms with Crippen LogP contribution < -0.4 is 0 Å². The summed E-state index contributed by atoms with van der Waals surface area (Å²) in [7, 11) is 0. The van der Waals surface area contributed by atoms with Crippen molar-refractivity contribution < 1.29 is 14.6 Å². The van der Waals surface area contributed by atoms with E-state index < -0.39 is 11.1 Å². The first-order valence-corrected chi connectivity index (χ1v) is 4.21. The standard InChI is InChI=1S/C7H12O3S/c8-6(9)10-7(11)4-2-1-3-5-7/h11H,1-5H2,(H,8,9). The van der Waals surface area contributed by atoms with E-state index in [-0.39, 0.29) is 0 Å². The lowest BCUT2D eigenvalue weighted by Gasteiger charge is -2.30. The average Bonchev–Trinajstić information content (AvgIpc) is 1.85. The molecular weight excluding hydrogens is 164 g/mol. The Hall–Kier alpha value is -0.380. The Morgan fingerprint density at radius 1 is 1.36 bits per heavy atom. The first-order valence-electron chi connectivity index (χ1n) is 3.77. The summed E-state index contributed by atoms with van der Waals surface area (Å²) in [6, 6.07) is 0. The van der Waals surface area contributed by atoms with Gasteiger partial charge in [0, 0.05) is 0 Å². The highest BCUT2D eigenvalue weighted by molar-refractivity contribution is 7.81. The Labute approximate surface area is 71.1 Å². The molecule has 1 aliphatic rings. The van der Waals surface area contributed by atoms with Crippen molar-refractivity contribution in [1.29, 1.82) is 0 Å². The second kappa shape index (κ2) is 3.34. The number of ether oxygens (including phenoxy) is 1. The lowest BCUT2D eigenvalue weighted by Crippen LogP contribution is -2.30. The third kappa shape index (κ3) is 2.61. The van der Waals surface area contributed by atoms with Crippen LogP contribution in [0.1, 0.15) is 32.1 Å². The Balaban J connectivity index is 2.43. The zero-order chi connectivity index (χ0) is 8.32.